The maximum absolute atomic E-state index is 11.6. The Hall–Kier alpha value is -1.47. The Balaban J connectivity index is 1.43. The first-order chi connectivity index (χ1) is 10.6. The smallest absolute Gasteiger partial charge is 0.243 e. The van der Waals surface area contributed by atoms with Crippen LogP contribution in [-0.4, -0.2) is 76.6 Å². The van der Waals surface area contributed by atoms with Gasteiger partial charge >= 0.3 is 0 Å². The van der Waals surface area contributed by atoms with Gasteiger partial charge in [-0.3, -0.25) is 14.6 Å². The molecular formula is C15H25N5O2. The minimum absolute atomic E-state index is 0.170. The lowest BCUT2D eigenvalue weighted by molar-refractivity contribution is -0.127. The van der Waals surface area contributed by atoms with Crippen LogP contribution in [0.5, 0.6) is 0 Å². The fraction of sp³-hybridized carbons (Fsp3) is 0.800. The van der Waals surface area contributed by atoms with Crippen molar-refractivity contribution in [1.82, 2.24) is 24.8 Å². The highest BCUT2D eigenvalue weighted by atomic mass is 16.5. The number of carbonyl (C=O) groups excluding carboxylic acids is 1. The third-order valence-corrected chi connectivity index (χ3v) is 4.71. The molecule has 0 aromatic carbocycles. The van der Waals surface area contributed by atoms with Crippen molar-refractivity contribution in [3.05, 3.63) is 11.7 Å². The van der Waals surface area contributed by atoms with Crippen LogP contribution in [0.1, 0.15) is 37.5 Å². The highest BCUT2D eigenvalue weighted by Crippen LogP contribution is 2.20. The van der Waals surface area contributed by atoms with E-state index in [9.17, 15) is 4.79 Å². The normalized spacial score (nSPS) is 22.5. The van der Waals surface area contributed by atoms with E-state index >= 15 is 0 Å². The Morgan fingerprint density at radius 3 is 2.55 bits per heavy atom. The summed E-state index contributed by atoms with van der Waals surface area (Å²) in [7, 11) is 0. The van der Waals surface area contributed by atoms with Crippen molar-refractivity contribution >= 4 is 5.91 Å². The summed E-state index contributed by atoms with van der Waals surface area (Å²) in [5.74, 6) is 1.71. The average molecular weight is 307 g/mol. The van der Waals surface area contributed by atoms with Gasteiger partial charge in [-0.05, 0) is 20.3 Å². The minimum atomic E-state index is 0.170. The zero-order chi connectivity index (χ0) is 15.5. The van der Waals surface area contributed by atoms with E-state index in [4.69, 9.17) is 4.52 Å². The van der Waals surface area contributed by atoms with Crippen LogP contribution < -0.4 is 0 Å². The van der Waals surface area contributed by atoms with E-state index < -0.39 is 0 Å². The second kappa shape index (κ2) is 6.75. The Labute approximate surface area is 131 Å². The summed E-state index contributed by atoms with van der Waals surface area (Å²) in [5, 5.41) is 3.87. The molecule has 3 rings (SSSR count). The Kier molecular flexibility index (Phi) is 4.73. The summed E-state index contributed by atoms with van der Waals surface area (Å²) in [6.07, 6.45) is 1.75. The first-order valence-electron chi connectivity index (χ1n) is 8.18. The second-order valence-electron chi connectivity index (χ2n) is 6.22. The molecule has 2 fully saturated rings. The molecule has 2 saturated heterocycles. The van der Waals surface area contributed by atoms with Gasteiger partial charge < -0.3 is 9.42 Å². The Morgan fingerprint density at radius 2 is 1.95 bits per heavy atom. The summed E-state index contributed by atoms with van der Waals surface area (Å²) in [4.78, 5) is 22.8. The first-order valence-corrected chi connectivity index (χ1v) is 8.18. The highest BCUT2D eigenvalue weighted by Gasteiger charge is 2.26. The Morgan fingerprint density at radius 1 is 1.18 bits per heavy atom. The maximum Gasteiger partial charge on any atom is 0.243 e. The van der Waals surface area contributed by atoms with Gasteiger partial charge in [0, 0.05) is 52.2 Å². The number of piperazine rings is 1. The molecule has 0 N–H and O–H groups in total. The zero-order valence-electron chi connectivity index (χ0n) is 13.5. The molecule has 0 saturated carbocycles. The standard InChI is InChI=1S/C15H25N5O2/c1-12(15-16-13(2)17-22-15)19-9-6-18(7-10-19)8-11-20-5-3-4-14(20)21/h12H,3-11H2,1-2H3/t12-/m0/s1. The molecule has 22 heavy (non-hydrogen) atoms. The number of nitrogens with zero attached hydrogens (tertiary/aromatic N) is 5. The molecule has 0 unspecified atom stereocenters. The van der Waals surface area contributed by atoms with Crippen LogP contribution in [0.4, 0.5) is 0 Å². The van der Waals surface area contributed by atoms with Crippen molar-refractivity contribution in [2.24, 2.45) is 0 Å². The van der Waals surface area contributed by atoms with Gasteiger partial charge in [-0.2, -0.15) is 4.98 Å². The van der Waals surface area contributed by atoms with E-state index in [1.807, 2.05) is 11.8 Å². The molecule has 1 aromatic rings. The topological polar surface area (TPSA) is 65.7 Å². The highest BCUT2D eigenvalue weighted by molar-refractivity contribution is 5.78. The van der Waals surface area contributed by atoms with Crippen molar-refractivity contribution in [1.29, 1.82) is 0 Å². The van der Waals surface area contributed by atoms with Crippen LogP contribution in [0, 0.1) is 6.92 Å². The lowest BCUT2D eigenvalue weighted by Gasteiger charge is -2.37. The minimum Gasteiger partial charge on any atom is -0.341 e. The van der Waals surface area contributed by atoms with Gasteiger partial charge in [0.15, 0.2) is 5.82 Å². The van der Waals surface area contributed by atoms with E-state index in [1.165, 1.54) is 0 Å². The van der Waals surface area contributed by atoms with E-state index in [0.29, 0.717) is 17.6 Å². The van der Waals surface area contributed by atoms with Crippen LogP contribution >= 0.6 is 0 Å². The van der Waals surface area contributed by atoms with Crippen molar-refractivity contribution in [2.45, 2.75) is 32.7 Å². The van der Waals surface area contributed by atoms with Crippen LogP contribution in [-0.2, 0) is 4.79 Å². The molecule has 7 heteroatoms. The van der Waals surface area contributed by atoms with E-state index in [2.05, 4.69) is 26.9 Å². The Bertz CT molecular complexity index is 510. The maximum atomic E-state index is 11.6. The molecule has 0 spiro atoms. The van der Waals surface area contributed by atoms with Crippen LogP contribution in [0.3, 0.4) is 0 Å². The third kappa shape index (κ3) is 3.47. The summed E-state index contributed by atoms with van der Waals surface area (Å²) in [6.45, 7) is 10.8. The largest absolute Gasteiger partial charge is 0.341 e. The fourth-order valence-electron chi connectivity index (χ4n) is 3.22. The van der Waals surface area contributed by atoms with Crippen molar-refractivity contribution in [3.8, 4) is 0 Å². The molecule has 1 amide bonds. The van der Waals surface area contributed by atoms with Gasteiger partial charge in [-0.15, -0.1) is 0 Å². The lowest BCUT2D eigenvalue weighted by atomic mass is 10.2. The lowest BCUT2D eigenvalue weighted by Crippen LogP contribution is -2.49. The molecule has 2 aliphatic heterocycles. The quantitative estimate of drug-likeness (QED) is 0.797. The number of amides is 1. The van der Waals surface area contributed by atoms with Crippen molar-refractivity contribution in [3.63, 3.8) is 0 Å². The molecule has 1 atom stereocenters. The number of aromatic nitrogens is 2. The fourth-order valence-corrected chi connectivity index (χ4v) is 3.22. The van der Waals surface area contributed by atoms with Gasteiger partial charge in [0.1, 0.15) is 0 Å². The van der Waals surface area contributed by atoms with E-state index in [-0.39, 0.29) is 6.04 Å². The van der Waals surface area contributed by atoms with Crippen LogP contribution in [0.25, 0.3) is 0 Å². The van der Waals surface area contributed by atoms with Crippen LogP contribution in [0.15, 0.2) is 4.52 Å². The van der Waals surface area contributed by atoms with Gasteiger partial charge in [0.25, 0.3) is 0 Å². The second-order valence-corrected chi connectivity index (χ2v) is 6.22. The molecular weight excluding hydrogens is 282 g/mol. The van der Waals surface area contributed by atoms with Gasteiger partial charge in [0.05, 0.1) is 6.04 Å². The molecule has 1 aromatic heterocycles. The molecule has 0 bridgehead atoms. The molecule has 122 valence electrons. The van der Waals surface area contributed by atoms with Gasteiger partial charge in [0.2, 0.25) is 11.8 Å². The van der Waals surface area contributed by atoms with E-state index in [0.717, 1.165) is 58.7 Å². The third-order valence-electron chi connectivity index (χ3n) is 4.71. The van der Waals surface area contributed by atoms with Crippen molar-refractivity contribution < 1.29 is 9.32 Å². The zero-order valence-corrected chi connectivity index (χ0v) is 13.5. The molecule has 2 aliphatic rings. The predicted molar refractivity (Wildman–Crippen MR) is 81.3 cm³/mol. The summed E-state index contributed by atoms with van der Waals surface area (Å²) in [6, 6.07) is 0.170. The monoisotopic (exact) mass is 307 g/mol. The van der Waals surface area contributed by atoms with Crippen LogP contribution in [0.2, 0.25) is 0 Å². The van der Waals surface area contributed by atoms with Gasteiger partial charge in [-0.1, -0.05) is 5.16 Å². The summed E-state index contributed by atoms with van der Waals surface area (Å²) < 4.78 is 5.27. The van der Waals surface area contributed by atoms with E-state index in [1.54, 1.807) is 0 Å². The number of likely N-dealkylation sites (tertiary alicyclic amines) is 1. The number of aryl methyl sites for hydroxylation is 1. The first kappa shape index (κ1) is 15.4. The predicted octanol–water partition coefficient (Wildman–Crippen LogP) is 0.679. The van der Waals surface area contributed by atoms with Gasteiger partial charge in [-0.25, -0.2) is 0 Å². The molecule has 7 nitrogen and oxygen atoms in total. The summed E-state index contributed by atoms with van der Waals surface area (Å²) >= 11 is 0. The molecule has 0 aliphatic carbocycles. The number of hydrogen-bond acceptors (Lipinski definition) is 6. The average Bonchev–Trinajstić information content (AvgIpc) is 3.13. The number of rotatable bonds is 5. The van der Waals surface area contributed by atoms with Crippen molar-refractivity contribution in [2.75, 3.05) is 45.8 Å². The SMILES string of the molecule is Cc1noc([C@H](C)N2CCN(CCN3CCCC3=O)CC2)n1. The molecule has 0 radical (unpaired) electrons. The summed E-state index contributed by atoms with van der Waals surface area (Å²) in [5.41, 5.74) is 0. The number of hydrogen-bond donors (Lipinski definition) is 0. The number of carbonyl (C=O) groups is 1. The molecule has 3 heterocycles.